The fourth-order valence-corrected chi connectivity index (χ4v) is 1.62. The minimum Gasteiger partial charge on any atom is -0.460 e. The van der Waals surface area contributed by atoms with Gasteiger partial charge in [-0.2, -0.15) is 0 Å². The molecule has 0 N–H and O–H groups in total. The van der Waals surface area contributed by atoms with E-state index in [2.05, 4.69) is 20.8 Å². The van der Waals surface area contributed by atoms with Crippen LogP contribution in [0.5, 0.6) is 0 Å². The molecular weight excluding hydrogens is 240 g/mol. The van der Waals surface area contributed by atoms with E-state index in [1.807, 2.05) is 18.2 Å². The highest BCUT2D eigenvalue weighted by Crippen LogP contribution is 2.07. The van der Waals surface area contributed by atoms with Crippen LogP contribution in [0.15, 0.2) is 24.3 Å². The van der Waals surface area contributed by atoms with E-state index in [1.165, 1.54) is 0 Å². The van der Waals surface area contributed by atoms with Gasteiger partial charge in [0, 0.05) is 6.61 Å². The lowest BCUT2D eigenvalue weighted by Crippen LogP contribution is -2.12. The van der Waals surface area contributed by atoms with E-state index in [4.69, 9.17) is 9.47 Å². The second-order valence-corrected chi connectivity index (χ2v) is 4.98. The number of carbonyl (C=O) groups is 1. The molecule has 0 aliphatic rings. The molecule has 3 heteroatoms. The van der Waals surface area contributed by atoms with Gasteiger partial charge in [0.15, 0.2) is 0 Å². The van der Waals surface area contributed by atoms with Gasteiger partial charge in [-0.25, -0.2) is 4.79 Å². The SMILES string of the molecule is CCc1cccc(C(=O)OCCOCCC(C)C)c1. The average Bonchev–Trinajstić information content (AvgIpc) is 2.42. The van der Waals surface area contributed by atoms with Gasteiger partial charge in [0.2, 0.25) is 0 Å². The number of aryl methyl sites for hydroxylation is 1. The van der Waals surface area contributed by atoms with Crippen LogP contribution in [-0.4, -0.2) is 25.8 Å². The monoisotopic (exact) mass is 264 g/mol. The van der Waals surface area contributed by atoms with Crippen molar-refractivity contribution in [2.75, 3.05) is 19.8 Å². The lowest BCUT2D eigenvalue weighted by atomic mass is 10.1. The minimum absolute atomic E-state index is 0.275. The number of hydrogen-bond donors (Lipinski definition) is 0. The molecule has 0 aromatic heterocycles. The molecule has 0 atom stereocenters. The molecule has 0 saturated heterocycles. The van der Waals surface area contributed by atoms with Crippen LogP contribution in [0.4, 0.5) is 0 Å². The van der Waals surface area contributed by atoms with E-state index >= 15 is 0 Å². The zero-order chi connectivity index (χ0) is 14.1. The standard InChI is InChI=1S/C16H24O3/c1-4-14-6-5-7-15(12-14)16(17)19-11-10-18-9-8-13(2)3/h5-7,12-13H,4,8-11H2,1-3H3. The van der Waals surface area contributed by atoms with Crippen LogP contribution in [0.2, 0.25) is 0 Å². The zero-order valence-electron chi connectivity index (χ0n) is 12.1. The minimum atomic E-state index is -0.275. The van der Waals surface area contributed by atoms with Crippen LogP contribution < -0.4 is 0 Å². The smallest absolute Gasteiger partial charge is 0.338 e. The summed E-state index contributed by atoms with van der Waals surface area (Å²) in [7, 11) is 0. The summed E-state index contributed by atoms with van der Waals surface area (Å²) < 4.78 is 10.6. The summed E-state index contributed by atoms with van der Waals surface area (Å²) in [6.07, 6.45) is 1.95. The van der Waals surface area contributed by atoms with Gasteiger partial charge >= 0.3 is 5.97 Å². The average molecular weight is 264 g/mol. The van der Waals surface area contributed by atoms with Crippen LogP contribution in [-0.2, 0) is 15.9 Å². The predicted octanol–water partition coefficient (Wildman–Crippen LogP) is 3.47. The highest BCUT2D eigenvalue weighted by atomic mass is 16.6. The fraction of sp³-hybridized carbons (Fsp3) is 0.562. The molecule has 1 aromatic rings. The summed E-state index contributed by atoms with van der Waals surface area (Å²) >= 11 is 0. The summed E-state index contributed by atoms with van der Waals surface area (Å²) in [5, 5.41) is 0. The molecule has 1 aromatic carbocycles. The number of esters is 1. The van der Waals surface area contributed by atoms with Crippen LogP contribution >= 0.6 is 0 Å². The Morgan fingerprint density at radius 3 is 2.68 bits per heavy atom. The molecule has 0 fully saturated rings. The summed E-state index contributed by atoms with van der Waals surface area (Å²) in [4.78, 5) is 11.8. The van der Waals surface area contributed by atoms with Crippen molar-refractivity contribution in [3.8, 4) is 0 Å². The Hall–Kier alpha value is -1.35. The number of rotatable bonds is 8. The highest BCUT2D eigenvalue weighted by molar-refractivity contribution is 5.89. The predicted molar refractivity (Wildman–Crippen MR) is 76.4 cm³/mol. The largest absolute Gasteiger partial charge is 0.460 e. The second kappa shape index (κ2) is 8.70. The van der Waals surface area contributed by atoms with Crippen molar-refractivity contribution < 1.29 is 14.3 Å². The van der Waals surface area contributed by atoms with E-state index in [-0.39, 0.29) is 5.97 Å². The first-order chi connectivity index (χ1) is 9.13. The third-order valence-electron chi connectivity index (χ3n) is 2.87. The molecule has 0 spiro atoms. The first kappa shape index (κ1) is 15.7. The van der Waals surface area contributed by atoms with Gasteiger partial charge in [0.1, 0.15) is 6.61 Å². The van der Waals surface area contributed by atoms with Crippen molar-refractivity contribution >= 4 is 5.97 Å². The van der Waals surface area contributed by atoms with Crippen molar-refractivity contribution in [2.24, 2.45) is 5.92 Å². The summed E-state index contributed by atoms with van der Waals surface area (Å²) in [5.74, 6) is 0.363. The van der Waals surface area contributed by atoms with Gasteiger partial charge in [-0.1, -0.05) is 32.9 Å². The molecule has 0 aliphatic heterocycles. The fourth-order valence-electron chi connectivity index (χ4n) is 1.62. The molecule has 0 bridgehead atoms. The number of benzene rings is 1. The van der Waals surface area contributed by atoms with Crippen LogP contribution in [0, 0.1) is 5.92 Å². The molecular formula is C16H24O3. The van der Waals surface area contributed by atoms with Crippen LogP contribution in [0.3, 0.4) is 0 Å². The van der Waals surface area contributed by atoms with Crippen molar-refractivity contribution in [3.05, 3.63) is 35.4 Å². The maximum Gasteiger partial charge on any atom is 0.338 e. The first-order valence-electron chi connectivity index (χ1n) is 6.97. The normalized spacial score (nSPS) is 10.7. The summed E-state index contributed by atoms with van der Waals surface area (Å²) in [6.45, 7) is 7.88. The van der Waals surface area contributed by atoms with E-state index in [0.29, 0.717) is 24.7 Å². The molecule has 3 nitrogen and oxygen atoms in total. The van der Waals surface area contributed by atoms with E-state index in [1.54, 1.807) is 6.07 Å². The van der Waals surface area contributed by atoms with Crippen molar-refractivity contribution in [2.45, 2.75) is 33.6 Å². The van der Waals surface area contributed by atoms with Gasteiger partial charge in [-0.15, -0.1) is 0 Å². The molecule has 0 radical (unpaired) electrons. The lowest BCUT2D eigenvalue weighted by Gasteiger charge is -2.08. The molecule has 1 rings (SSSR count). The maximum absolute atomic E-state index is 11.8. The Morgan fingerprint density at radius 2 is 2.00 bits per heavy atom. The number of ether oxygens (including phenoxy) is 2. The third-order valence-corrected chi connectivity index (χ3v) is 2.87. The van der Waals surface area contributed by atoms with Crippen molar-refractivity contribution in [3.63, 3.8) is 0 Å². The number of hydrogen-bond acceptors (Lipinski definition) is 3. The lowest BCUT2D eigenvalue weighted by molar-refractivity contribution is 0.0303. The molecule has 19 heavy (non-hydrogen) atoms. The summed E-state index contributed by atoms with van der Waals surface area (Å²) in [6, 6.07) is 7.55. The van der Waals surface area contributed by atoms with Crippen LogP contribution in [0.25, 0.3) is 0 Å². The Balaban J connectivity index is 2.23. The molecule has 0 aliphatic carbocycles. The summed E-state index contributed by atoms with van der Waals surface area (Å²) in [5.41, 5.74) is 1.75. The Labute approximate surface area is 115 Å². The Kier molecular flexibility index (Phi) is 7.19. The second-order valence-electron chi connectivity index (χ2n) is 4.98. The van der Waals surface area contributed by atoms with Crippen molar-refractivity contribution in [1.29, 1.82) is 0 Å². The Bertz CT molecular complexity index is 385. The third kappa shape index (κ3) is 6.39. The highest BCUT2D eigenvalue weighted by Gasteiger charge is 2.07. The molecule has 106 valence electrons. The molecule has 0 saturated carbocycles. The van der Waals surface area contributed by atoms with Gasteiger partial charge in [-0.3, -0.25) is 0 Å². The van der Waals surface area contributed by atoms with E-state index in [9.17, 15) is 4.79 Å². The quantitative estimate of drug-likeness (QED) is 0.533. The number of carbonyl (C=O) groups excluding carboxylic acids is 1. The van der Waals surface area contributed by atoms with E-state index < -0.39 is 0 Å². The maximum atomic E-state index is 11.8. The molecule has 0 unspecified atom stereocenters. The van der Waals surface area contributed by atoms with Gasteiger partial charge in [0.05, 0.1) is 12.2 Å². The van der Waals surface area contributed by atoms with Crippen LogP contribution in [0.1, 0.15) is 43.1 Å². The topological polar surface area (TPSA) is 35.5 Å². The molecule has 0 amide bonds. The van der Waals surface area contributed by atoms with Gasteiger partial charge < -0.3 is 9.47 Å². The van der Waals surface area contributed by atoms with Gasteiger partial charge in [0.25, 0.3) is 0 Å². The van der Waals surface area contributed by atoms with Gasteiger partial charge in [-0.05, 0) is 36.5 Å². The van der Waals surface area contributed by atoms with E-state index in [0.717, 1.165) is 25.0 Å². The Morgan fingerprint density at radius 1 is 1.21 bits per heavy atom. The molecule has 0 heterocycles. The first-order valence-corrected chi connectivity index (χ1v) is 6.97. The van der Waals surface area contributed by atoms with Crippen molar-refractivity contribution in [1.82, 2.24) is 0 Å². The zero-order valence-corrected chi connectivity index (χ0v) is 12.1.